The van der Waals surface area contributed by atoms with Crippen LogP contribution in [0.1, 0.15) is 30.8 Å². The van der Waals surface area contributed by atoms with Gasteiger partial charge >= 0.3 is 6.18 Å². The first-order chi connectivity index (χ1) is 8.24. The van der Waals surface area contributed by atoms with E-state index in [2.05, 4.69) is 4.98 Å². The molecular formula is C12H13F3N2S. The molecule has 1 atom stereocenters. The largest absolute Gasteiger partial charge is 0.416 e. The van der Waals surface area contributed by atoms with Crippen molar-refractivity contribution in [2.24, 2.45) is 5.73 Å². The van der Waals surface area contributed by atoms with Gasteiger partial charge in [0.15, 0.2) is 0 Å². The van der Waals surface area contributed by atoms with Gasteiger partial charge < -0.3 is 5.73 Å². The molecule has 0 saturated heterocycles. The van der Waals surface area contributed by atoms with Crippen molar-refractivity contribution in [1.82, 2.24) is 4.98 Å². The molecule has 0 aliphatic rings. The highest BCUT2D eigenvalue weighted by atomic mass is 32.1. The third kappa shape index (κ3) is 2.35. The van der Waals surface area contributed by atoms with Crippen LogP contribution in [0.5, 0.6) is 0 Å². The number of halogens is 3. The molecule has 18 heavy (non-hydrogen) atoms. The molecule has 2 rings (SSSR count). The molecule has 0 fully saturated rings. The van der Waals surface area contributed by atoms with Crippen molar-refractivity contribution in [3.63, 3.8) is 0 Å². The van der Waals surface area contributed by atoms with Crippen molar-refractivity contribution >= 4 is 21.6 Å². The lowest BCUT2D eigenvalue weighted by atomic mass is 10.0. The summed E-state index contributed by atoms with van der Waals surface area (Å²) in [5.41, 5.74) is 5.13. The van der Waals surface area contributed by atoms with E-state index in [-0.39, 0.29) is 0 Å². The van der Waals surface area contributed by atoms with E-state index in [1.165, 1.54) is 17.4 Å². The summed E-state index contributed by atoms with van der Waals surface area (Å²) in [5, 5.41) is 0.666. The molecule has 1 aromatic heterocycles. The van der Waals surface area contributed by atoms with Crippen molar-refractivity contribution in [1.29, 1.82) is 0 Å². The highest BCUT2D eigenvalue weighted by molar-refractivity contribution is 7.18. The summed E-state index contributed by atoms with van der Waals surface area (Å²) in [6.07, 6.45) is -3.66. The minimum absolute atomic E-state index is 0.356. The number of nitrogens with zero attached hydrogens (tertiary/aromatic N) is 1. The number of aromatic nitrogens is 1. The van der Waals surface area contributed by atoms with Crippen molar-refractivity contribution in [3.8, 4) is 0 Å². The van der Waals surface area contributed by atoms with E-state index < -0.39 is 17.3 Å². The van der Waals surface area contributed by atoms with Crippen LogP contribution in [0, 0.1) is 0 Å². The first-order valence-electron chi connectivity index (χ1n) is 5.51. The zero-order valence-electron chi connectivity index (χ0n) is 10.0. The lowest BCUT2D eigenvalue weighted by Crippen LogP contribution is -2.31. The highest BCUT2D eigenvalue weighted by Crippen LogP contribution is 2.35. The van der Waals surface area contributed by atoms with E-state index in [0.29, 0.717) is 16.9 Å². The van der Waals surface area contributed by atoms with Gasteiger partial charge in [-0.2, -0.15) is 13.2 Å². The topological polar surface area (TPSA) is 38.9 Å². The molecule has 2 aromatic rings. The summed E-state index contributed by atoms with van der Waals surface area (Å²) in [5.74, 6) is 0. The highest BCUT2D eigenvalue weighted by Gasteiger charge is 2.31. The fourth-order valence-corrected chi connectivity index (χ4v) is 2.57. The fourth-order valence-electron chi connectivity index (χ4n) is 1.50. The van der Waals surface area contributed by atoms with Gasteiger partial charge in [-0.3, -0.25) is 0 Å². The average Bonchev–Trinajstić information content (AvgIpc) is 2.71. The Kier molecular flexibility index (Phi) is 3.11. The lowest BCUT2D eigenvalue weighted by Gasteiger charge is -2.18. The van der Waals surface area contributed by atoms with E-state index in [4.69, 9.17) is 5.73 Å². The van der Waals surface area contributed by atoms with Crippen LogP contribution in [0.2, 0.25) is 0 Å². The normalized spacial score (nSPS) is 15.9. The molecule has 0 aliphatic heterocycles. The summed E-state index contributed by atoms with van der Waals surface area (Å²) < 4.78 is 38.4. The van der Waals surface area contributed by atoms with E-state index in [9.17, 15) is 13.2 Å². The maximum Gasteiger partial charge on any atom is 0.416 e. The molecular weight excluding hydrogens is 261 g/mol. The van der Waals surface area contributed by atoms with E-state index in [1.807, 2.05) is 13.8 Å². The van der Waals surface area contributed by atoms with Crippen molar-refractivity contribution < 1.29 is 13.2 Å². The Morgan fingerprint density at radius 2 is 2.00 bits per heavy atom. The molecule has 1 unspecified atom stereocenters. The maximum absolute atomic E-state index is 12.6. The van der Waals surface area contributed by atoms with Crippen molar-refractivity contribution in [3.05, 3.63) is 28.8 Å². The van der Waals surface area contributed by atoms with Crippen LogP contribution in [0.3, 0.4) is 0 Å². The summed E-state index contributed by atoms with van der Waals surface area (Å²) in [6.45, 7) is 3.75. The molecule has 0 spiro atoms. The van der Waals surface area contributed by atoms with Crippen molar-refractivity contribution in [2.45, 2.75) is 32.0 Å². The second-order valence-corrected chi connectivity index (χ2v) is 5.50. The SMILES string of the molecule is CCC(C)(N)c1nc2cc(C(F)(F)F)ccc2s1. The van der Waals surface area contributed by atoms with Crippen LogP contribution >= 0.6 is 11.3 Å². The molecule has 1 heterocycles. The van der Waals surface area contributed by atoms with Gasteiger partial charge in [0, 0.05) is 0 Å². The maximum atomic E-state index is 12.6. The third-order valence-corrected chi connectivity index (χ3v) is 4.25. The van der Waals surface area contributed by atoms with Crippen LogP contribution in [0.25, 0.3) is 10.2 Å². The Morgan fingerprint density at radius 3 is 2.56 bits per heavy atom. The van der Waals surface area contributed by atoms with Crippen LogP contribution in [0.4, 0.5) is 13.2 Å². The first-order valence-corrected chi connectivity index (χ1v) is 6.33. The lowest BCUT2D eigenvalue weighted by molar-refractivity contribution is -0.137. The second kappa shape index (κ2) is 4.20. The molecule has 6 heteroatoms. The van der Waals surface area contributed by atoms with Crippen molar-refractivity contribution in [2.75, 3.05) is 0 Å². The predicted octanol–water partition coefficient (Wildman–Crippen LogP) is 3.90. The minimum atomic E-state index is -4.34. The van der Waals surface area contributed by atoms with Crippen LogP contribution < -0.4 is 5.73 Å². The molecule has 98 valence electrons. The average molecular weight is 274 g/mol. The van der Waals surface area contributed by atoms with Gasteiger partial charge in [-0.15, -0.1) is 11.3 Å². The summed E-state index contributed by atoms with van der Waals surface area (Å²) in [4.78, 5) is 4.22. The fraction of sp³-hybridized carbons (Fsp3) is 0.417. The molecule has 2 nitrogen and oxygen atoms in total. The van der Waals surface area contributed by atoms with Crippen LogP contribution in [0.15, 0.2) is 18.2 Å². The number of nitrogens with two attached hydrogens (primary N) is 1. The van der Waals surface area contributed by atoms with Gasteiger partial charge in [0.05, 0.1) is 21.3 Å². The molecule has 0 bridgehead atoms. The van der Waals surface area contributed by atoms with Crippen LogP contribution in [-0.4, -0.2) is 4.98 Å². The Morgan fingerprint density at radius 1 is 1.33 bits per heavy atom. The zero-order chi connectivity index (χ0) is 13.6. The van der Waals surface area contributed by atoms with Gasteiger partial charge in [0.25, 0.3) is 0 Å². The standard InChI is InChI=1S/C12H13F3N2S/c1-3-11(2,16)10-17-8-6-7(12(13,14)15)4-5-9(8)18-10/h4-6H,3,16H2,1-2H3. The number of thiazole rings is 1. The Bertz CT molecular complexity index is 572. The second-order valence-electron chi connectivity index (χ2n) is 4.47. The smallest absolute Gasteiger partial charge is 0.320 e. The first kappa shape index (κ1) is 13.3. The van der Waals surface area contributed by atoms with E-state index in [0.717, 1.165) is 16.8 Å². The number of benzene rings is 1. The number of hydrogen-bond acceptors (Lipinski definition) is 3. The van der Waals surface area contributed by atoms with Gasteiger partial charge in [-0.1, -0.05) is 6.92 Å². The molecule has 0 saturated carbocycles. The monoisotopic (exact) mass is 274 g/mol. The molecule has 0 aliphatic carbocycles. The van der Waals surface area contributed by atoms with Crippen LogP contribution in [-0.2, 0) is 11.7 Å². The molecule has 2 N–H and O–H groups in total. The molecule has 1 aromatic carbocycles. The van der Waals surface area contributed by atoms with E-state index in [1.54, 1.807) is 0 Å². The predicted molar refractivity (Wildman–Crippen MR) is 66.5 cm³/mol. The quantitative estimate of drug-likeness (QED) is 0.902. The Hall–Kier alpha value is -1.14. The summed E-state index contributed by atoms with van der Waals surface area (Å²) in [7, 11) is 0. The number of rotatable bonds is 2. The van der Waals surface area contributed by atoms with Gasteiger partial charge in [0.2, 0.25) is 0 Å². The van der Waals surface area contributed by atoms with Gasteiger partial charge in [-0.05, 0) is 31.5 Å². The third-order valence-electron chi connectivity index (χ3n) is 2.94. The number of fused-ring (bicyclic) bond motifs is 1. The molecule has 0 amide bonds. The summed E-state index contributed by atoms with van der Waals surface area (Å²) >= 11 is 1.34. The number of alkyl halides is 3. The van der Waals surface area contributed by atoms with E-state index >= 15 is 0 Å². The number of hydrogen-bond donors (Lipinski definition) is 1. The molecule has 0 radical (unpaired) electrons. The zero-order valence-corrected chi connectivity index (χ0v) is 10.8. The summed E-state index contributed by atoms with van der Waals surface area (Å²) in [6, 6.07) is 3.59. The van der Waals surface area contributed by atoms with Gasteiger partial charge in [0.1, 0.15) is 5.01 Å². The Balaban J connectivity index is 2.53. The minimum Gasteiger partial charge on any atom is -0.320 e. The van der Waals surface area contributed by atoms with Gasteiger partial charge in [-0.25, -0.2) is 4.98 Å². The Labute approximate surface area is 107 Å².